The predicted molar refractivity (Wildman–Crippen MR) is 160 cm³/mol. The summed E-state index contributed by atoms with van der Waals surface area (Å²) in [6, 6.07) is 18.9. The van der Waals surface area contributed by atoms with Crippen molar-refractivity contribution in [3.63, 3.8) is 0 Å². The maximum absolute atomic E-state index is 14.2. The number of amides is 1. The molecule has 2 aromatic heterocycles. The zero-order chi connectivity index (χ0) is 27.5. The molecule has 0 spiro atoms. The standard InChI is InChI=1S/C33H31N5O3/c1-40-31-19-35-32(41-31)25-8-9-26(24-7-3-2-6-23(24)25)33(39)38-14-11-21-17-28-27(18-30(21)38)29(10-12-34-28)37-16-15-36-13-4-5-22(36)20-37/h2-3,6-10,12,17-19,22H,4-5,11,13-16,20H2,1H3/t22-/m0/s1. The summed E-state index contributed by atoms with van der Waals surface area (Å²) >= 11 is 0. The Balaban J connectivity index is 1.17. The van der Waals surface area contributed by atoms with Crippen LogP contribution in [0.1, 0.15) is 28.8 Å². The van der Waals surface area contributed by atoms with E-state index in [4.69, 9.17) is 14.1 Å². The molecule has 0 bridgehead atoms. The van der Waals surface area contributed by atoms with Gasteiger partial charge in [-0.1, -0.05) is 24.3 Å². The molecule has 0 radical (unpaired) electrons. The first-order chi connectivity index (χ1) is 20.2. The van der Waals surface area contributed by atoms with Crippen LogP contribution in [0.3, 0.4) is 0 Å². The minimum absolute atomic E-state index is 0.000782. The van der Waals surface area contributed by atoms with Crippen LogP contribution >= 0.6 is 0 Å². The molecule has 0 unspecified atom stereocenters. The van der Waals surface area contributed by atoms with Crippen molar-refractivity contribution in [3.8, 4) is 17.4 Å². The molecule has 0 aliphatic carbocycles. The molecule has 5 aromatic rings. The number of methoxy groups -OCH3 is 1. The fourth-order valence-corrected chi connectivity index (χ4v) is 7.01. The van der Waals surface area contributed by atoms with Crippen molar-refractivity contribution < 1.29 is 13.9 Å². The number of fused-ring (bicyclic) bond motifs is 4. The average Bonchev–Trinajstić information content (AvgIpc) is 3.78. The van der Waals surface area contributed by atoms with Gasteiger partial charge in [-0.3, -0.25) is 14.7 Å². The van der Waals surface area contributed by atoms with Gasteiger partial charge >= 0.3 is 5.95 Å². The molecule has 0 saturated carbocycles. The van der Waals surface area contributed by atoms with Crippen molar-refractivity contribution in [2.75, 3.05) is 49.6 Å². The van der Waals surface area contributed by atoms with Gasteiger partial charge in [-0.15, -0.1) is 0 Å². The van der Waals surface area contributed by atoms with Crippen LogP contribution in [0.25, 0.3) is 33.1 Å². The number of piperazine rings is 1. The first kappa shape index (κ1) is 24.4. The molecule has 41 heavy (non-hydrogen) atoms. The van der Waals surface area contributed by atoms with Crippen LogP contribution in [0.15, 0.2) is 71.4 Å². The van der Waals surface area contributed by atoms with Crippen molar-refractivity contribution in [1.29, 1.82) is 0 Å². The molecule has 1 amide bonds. The van der Waals surface area contributed by atoms with Crippen LogP contribution in [-0.4, -0.2) is 66.7 Å². The molecule has 3 aromatic carbocycles. The largest absolute Gasteiger partial charge is 0.467 e. The van der Waals surface area contributed by atoms with Crippen molar-refractivity contribution in [2.24, 2.45) is 0 Å². The minimum atomic E-state index is 0.000782. The third kappa shape index (κ3) is 3.96. The number of benzene rings is 3. The number of anilines is 2. The lowest BCUT2D eigenvalue weighted by Gasteiger charge is -2.39. The van der Waals surface area contributed by atoms with Gasteiger partial charge in [0.05, 0.1) is 12.6 Å². The molecule has 3 aliphatic heterocycles. The SMILES string of the molecule is COc1cnc(-c2ccc(C(=O)N3CCc4cc5nccc(N6CCN7CCC[C@H]7C6)c5cc43)c3ccccc23)o1. The number of ether oxygens (including phenoxy) is 1. The number of hydrogen-bond acceptors (Lipinski definition) is 7. The highest BCUT2D eigenvalue weighted by Gasteiger charge is 2.32. The van der Waals surface area contributed by atoms with Crippen molar-refractivity contribution in [3.05, 3.63) is 78.1 Å². The summed E-state index contributed by atoms with van der Waals surface area (Å²) in [4.78, 5) is 30.4. The quantitative estimate of drug-likeness (QED) is 0.294. The monoisotopic (exact) mass is 545 g/mol. The highest BCUT2D eigenvalue weighted by Crippen LogP contribution is 2.39. The molecular formula is C33H31N5O3. The Morgan fingerprint density at radius 1 is 0.951 bits per heavy atom. The molecule has 8 rings (SSSR count). The van der Waals surface area contributed by atoms with Gasteiger partial charge in [0.15, 0.2) is 0 Å². The van der Waals surface area contributed by atoms with E-state index in [2.05, 4.69) is 33.0 Å². The van der Waals surface area contributed by atoms with Gasteiger partial charge in [0, 0.05) is 66.3 Å². The molecule has 2 fully saturated rings. The second-order valence-corrected chi connectivity index (χ2v) is 11.2. The normalized spacial score (nSPS) is 18.7. The Morgan fingerprint density at radius 2 is 1.85 bits per heavy atom. The number of pyridine rings is 1. The molecule has 0 N–H and O–H groups in total. The molecule has 1 atom stereocenters. The zero-order valence-electron chi connectivity index (χ0n) is 23.0. The van der Waals surface area contributed by atoms with Crippen molar-refractivity contribution in [2.45, 2.75) is 25.3 Å². The summed E-state index contributed by atoms with van der Waals surface area (Å²) in [5.41, 5.74) is 5.87. The lowest BCUT2D eigenvalue weighted by molar-refractivity contribution is 0.0991. The maximum Gasteiger partial charge on any atom is 0.305 e. The lowest BCUT2D eigenvalue weighted by atomic mass is 9.98. The molecule has 206 valence electrons. The van der Waals surface area contributed by atoms with Crippen LogP contribution < -0.4 is 14.5 Å². The van der Waals surface area contributed by atoms with Gasteiger partial charge in [-0.25, -0.2) is 4.98 Å². The van der Waals surface area contributed by atoms with E-state index < -0.39 is 0 Å². The smallest absolute Gasteiger partial charge is 0.305 e. The number of carbonyl (C=O) groups excluding carboxylic acids is 1. The number of oxazole rings is 1. The van der Waals surface area contributed by atoms with E-state index in [9.17, 15) is 4.79 Å². The minimum Gasteiger partial charge on any atom is -0.467 e. The molecular weight excluding hydrogens is 514 g/mol. The van der Waals surface area contributed by atoms with E-state index in [1.165, 1.54) is 30.6 Å². The van der Waals surface area contributed by atoms with Crippen LogP contribution in [0.2, 0.25) is 0 Å². The average molecular weight is 546 g/mol. The van der Waals surface area contributed by atoms with E-state index in [1.54, 1.807) is 13.3 Å². The first-order valence-corrected chi connectivity index (χ1v) is 14.4. The number of aromatic nitrogens is 2. The van der Waals surface area contributed by atoms with Gasteiger partial charge in [-0.05, 0) is 72.5 Å². The van der Waals surface area contributed by atoms with Crippen molar-refractivity contribution in [1.82, 2.24) is 14.9 Å². The number of hydrogen-bond donors (Lipinski definition) is 0. The second kappa shape index (κ2) is 9.59. The highest BCUT2D eigenvalue weighted by atomic mass is 16.6. The van der Waals surface area contributed by atoms with Crippen LogP contribution in [-0.2, 0) is 6.42 Å². The molecule has 8 heteroatoms. The number of nitrogens with zero attached hydrogens (tertiary/aromatic N) is 5. The second-order valence-electron chi connectivity index (χ2n) is 11.2. The summed E-state index contributed by atoms with van der Waals surface area (Å²) < 4.78 is 10.9. The third-order valence-electron chi connectivity index (χ3n) is 9.06. The van der Waals surface area contributed by atoms with E-state index in [1.807, 2.05) is 47.5 Å². The number of carbonyl (C=O) groups is 1. The molecule has 3 aliphatic rings. The Bertz CT molecular complexity index is 1810. The Labute approximate surface area is 238 Å². The van der Waals surface area contributed by atoms with Gasteiger partial charge < -0.3 is 19.0 Å². The lowest BCUT2D eigenvalue weighted by Crippen LogP contribution is -2.50. The van der Waals surface area contributed by atoms with Gasteiger partial charge in [-0.2, -0.15) is 0 Å². The van der Waals surface area contributed by atoms with E-state index in [0.717, 1.165) is 59.0 Å². The number of rotatable bonds is 4. The zero-order valence-corrected chi connectivity index (χ0v) is 23.0. The Kier molecular flexibility index (Phi) is 5.70. The highest BCUT2D eigenvalue weighted by molar-refractivity contribution is 6.17. The van der Waals surface area contributed by atoms with Gasteiger partial charge in [0.25, 0.3) is 5.91 Å². The van der Waals surface area contributed by atoms with Gasteiger partial charge in [0.1, 0.15) is 6.20 Å². The van der Waals surface area contributed by atoms with E-state index in [-0.39, 0.29) is 5.91 Å². The molecule has 5 heterocycles. The fraction of sp³-hybridized carbons (Fsp3) is 0.303. The van der Waals surface area contributed by atoms with E-state index in [0.29, 0.717) is 30.0 Å². The molecule has 2 saturated heterocycles. The Hall–Kier alpha value is -4.43. The summed E-state index contributed by atoms with van der Waals surface area (Å²) in [5.74, 6) is 0.818. The fourth-order valence-electron chi connectivity index (χ4n) is 7.01. The van der Waals surface area contributed by atoms with Crippen LogP contribution in [0, 0.1) is 0 Å². The Morgan fingerprint density at radius 3 is 2.73 bits per heavy atom. The van der Waals surface area contributed by atoms with Crippen molar-refractivity contribution >= 4 is 39.0 Å². The summed E-state index contributed by atoms with van der Waals surface area (Å²) in [6.45, 7) is 5.04. The molecule has 8 nitrogen and oxygen atoms in total. The topological polar surface area (TPSA) is 74.9 Å². The third-order valence-corrected chi connectivity index (χ3v) is 9.06. The van der Waals surface area contributed by atoms with E-state index >= 15 is 0 Å². The summed E-state index contributed by atoms with van der Waals surface area (Å²) in [5, 5.41) is 2.91. The van der Waals surface area contributed by atoms with Crippen LogP contribution in [0.5, 0.6) is 5.95 Å². The summed E-state index contributed by atoms with van der Waals surface area (Å²) in [6.07, 6.45) is 6.87. The predicted octanol–water partition coefficient (Wildman–Crippen LogP) is 5.54. The maximum atomic E-state index is 14.2. The first-order valence-electron chi connectivity index (χ1n) is 14.4. The van der Waals surface area contributed by atoms with Gasteiger partial charge in [0.2, 0.25) is 5.89 Å². The van der Waals surface area contributed by atoms with Crippen LogP contribution in [0.4, 0.5) is 11.4 Å². The summed E-state index contributed by atoms with van der Waals surface area (Å²) in [7, 11) is 1.55.